The Hall–Kier alpha value is -4.02. The number of rotatable bonds is 7. The Labute approximate surface area is 246 Å². The van der Waals surface area contributed by atoms with Crippen molar-refractivity contribution < 1.29 is 19.0 Å². The molecule has 4 aromatic rings. The van der Waals surface area contributed by atoms with E-state index in [2.05, 4.69) is 24.2 Å². The molecule has 1 N–H and O–H groups in total. The summed E-state index contributed by atoms with van der Waals surface area (Å²) < 4.78 is 19.8. The average Bonchev–Trinajstić information content (AvgIpc) is 3.54. The number of benzene rings is 2. The number of nitrogens with zero attached hydrogens (tertiary/aromatic N) is 5. The number of ether oxygens (including phenoxy) is 3. The van der Waals surface area contributed by atoms with Gasteiger partial charge in [-0.1, -0.05) is 49.6 Å². The zero-order valence-corrected chi connectivity index (χ0v) is 25.3. The van der Waals surface area contributed by atoms with Crippen LogP contribution in [0.15, 0.2) is 42.5 Å². The Morgan fingerprint density at radius 2 is 1.95 bits per heavy atom. The van der Waals surface area contributed by atoms with Gasteiger partial charge in [-0.25, -0.2) is 14.8 Å². The highest BCUT2D eigenvalue weighted by Gasteiger charge is 2.35. The van der Waals surface area contributed by atoms with E-state index in [1.165, 1.54) is 5.56 Å². The number of aromatic nitrogens is 4. The topological polar surface area (TPSA) is 103 Å². The van der Waals surface area contributed by atoms with E-state index >= 15 is 0 Å². The van der Waals surface area contributed by atoms with Gasteiger partial charge >= 0.3 is 6.09 Å². The fourth-order valence-corrected chi connectivity index (χ4v) is 5.59. The van der Waals surface area contributed by atoms with Crippen LogP contribution in [-0.4, -0.2) is 61.9 Å². The molecule has 0 bridgehead atoms. The van der Waals surface area contributed by atoms with Crippen LogP contribution >= 0.6 is 0 Å². The molecular weight excluding hydrogens is 531 g/mol. The van der Waals surface area contributed by atoms with E-state index in [0.29, 0.717) is 47.5 Å². The minimum Gasteiger partial charge on any atom is -0.449 e. The van der Waals surface area contributed by atoms with Crippen LogP contribution in [0.4, 0.5) is 10.7 Å². The summed E-state index contributed by atoms with van der Waals surface area (Å²) in [6.45, 7) is 13.0. The summed E-state index contributed by atoms with van der Waals surface area (Å²) in [7, 11) is 0. The average molecular weight is 571 g/mol. The van der Waals surface area contributed by atoms with E-state index in [0.717, 1.165) is 31.0 Å². The predicted octanol–water partition coefficient (Wildman–Crippen LogP) is 6.10. The van der Waals surface area contributed by atoms with Gasteiger partial charge in [0.2, 0.25) is 11.7 Å². The highest BCUT2D eigenvalue weighted by atomic mass is 16.7. The fourth-order valence-electron chi connectivity index (χ4n) is 5.59. The third-order valence-electron chi connectivity index (χ3n) is 8.10. The zero-order valence-electron chi connectivity index (χ0n) is 25.3. The molecule has 2 aliphatic rings. The van der Waals surface area contributed by atoms with E-state index < -0.39 is 11.4 Å². The van der Waals surface area contributed by atoms with Crippen molar-refractivity contribution in [3.05, 3.63) is 53.9 Å². The van der Waals surface area contributed by atoms with Crippen LogP contribution < -0.4 is 14.7 Å². The Bertz CT molecular complexity index is 1620. The first-order chi connectivity index (χ1) is 20.0. The summed E-state index contributed by atoms with van der Waals surface area (Å²) in [5.74, 6) is 1.72. The van der Waals surface area contributed by atoms with Crippen LogP contribution in [-0.2, 0) is 11.1 Å². The molecule has 0 aliphatic carbocycles. The third kappa shape index (κ3) is 5.56. The molecule has 2 aromatic heterocycles. The second-order valence-corrected chi connectivity index (χ2v) is 12.5. The monoisotopic (exact) mass is 570 g/mol. The van der Waals surface area contributed by atoms with Crippen LogP contribution in [0.2, 0.25) is 6.82 Å². The smallest absolute Gasteiger partial charge is 0.410 e. The van der Waals surface area contributed by atoms with Gasteiger partial charge in [0, 0.05) is 38.2 Å². The Balaban J connectivity index is 1.37. The Kier molecular flexibility index (Phi) is 7.15. The number of nitrogens with one attached hydrogen (secondary N) is 1. The molecule has 1 saturated heterocycles. The van der Waals surface area contributed by atoms with Gasteiger partial charge in [-0.3, -0.25) is 0 Å². The van der Waals surface area contributed by atoms with E-state index in [1.807, 2.05) is 65.0 Å². The first-order valence-corrected chi connectivity index (χ1v) is 14.9. The van der Waals surface area contributed by atoms with Crippen molar-refractivity contribution in [1.82, 2.24) is 24.5 Å². The quantitative estimate of drug-likeness (QED) is 0.266. The van der Waals surface area contributed by atoms with Crippen LogP contribution in [0.3, 0.4) is 0 Å². The summed E-state index contributed by atoms with van der Waals surface area (Å²) in [4.78, 5) is 24.9. The van der Waals surface area contributed by atoms with Crippen molar-refractivity contribution in [2.75, 3.05) is 18.3 Å². The van der Waals surface area contributed by atoms with Crippen molar-refractivity contribution in [2.24, 2.45) is 0 Å². The highest BCUT2D eigenvalue weighted by molar-refractivity contribution is 6.60. The molecule has 220 valence electrons. The molecule has 42 heavy (non-hydrogen) atoms. The summed E-state index contributed by atoms with van der Waals surface area (Å²) in [5, 5.41) is 9.39. The minimum absolute atomic E-state index is 0.0199. The molecule has 1 amide bonds. The number of hydrogen-bond acceptors (Lipinski definition) is 8. The number of fused-ring (bicyclic) bond motifs is 5. The predicted molar refractivity (Wildman–Crippen MR) is 163 cm³/mol. The molecule has 1 fully saturated rings. The maximum atomic E-state index is 13.0. The van der Waals surface area contributed by atoms with Crippen LogP contribution in [0.1, 0.15) is 71.2 Å². The Morgan fingerprint density at radius 3 is 2.71 bits per heavy atom. The molecule has 0 spiro atoms. The molecule has 6 rings (SSSR count). The van der Waals surface area contributed by atoms with Gasteiger partial charge in [0.15, 0.2) is 23.0 Å². The van der Waals surface area contributed by atoms with E-state index in [1.54, 1.807) is 9.42 Å². The van der Waals surface area contributed by atoms with Crippen LogP contribution in [0.5, 0.6) is 11.5 Å². The number of anilines is 1. The molecule has 1 unspecified atom stereocenters. The zero-order chi connectivity index (χ0) is 29.6. The van der Waals surface area contributed by atoms with E-state index in [4.69, 9.17) is 29.3 Å². The van der Waals surface area contributed by atoms with Gasteiger partial charge in [0.25, 0.3) is 6.85 Å². The van der Waals surface area contributed by atoms with Crippen molar-refractivity contribution in [2.45, 2.75) is 84.3 Å². The summed E-state index contributed by atoms with van der Waals surface area (Å²) in [5.41, 5.74) is 2.09. The maximum Gasteiger partial charge on any atom is 0.410 e. The van der Waals surface area contributed by atoms with Crippen LogP contribution in [0, 0.1) is 0 Å². The molecule has 11 heteroatoms. The molecule has 10 nitrogen and oxygen atoms in total. The van der Waals surface area contributed by atoms with E-state index in [-0.39, 0.29) is 18.9 Å². The second kappa shape index (κ2) is 10.7. The van der Waals surface area contributed by atoms with Gasteiger partial charge in [-0.2, -0.15) is 4.52 Å². The van der Waals surface area contributed by atoms with Crippen LogP contribution in [0.25, 0.3) is 16.6 Å². The fraction of sp³-hybridized carbons (Fsp3) is 0.484. The van der Waals surface area contributed by atoms with Gasteiger partial charge in [0.1, 0.15) is 11.1 Å². The SMILES string of the molecule is CCC(C)(C)OC(=O)N1CCCC(c2nc3c4ccc5c(c4nc(NB(C)Cc4ccccc4)n3n2)OC(C)(C)O5)C1. The van der Waals surface area contributed by atoms with Gasteiger partial charge in [0.05, 0.1) is 0 Å². The second-order valence-electron chi connectivity index (χ2n) is 12.5. The normalized spacial score (nSPS) is 18.0. The largest absolute Gasteiger partial charge is 0.449 e. The lowest BCUT2D eigenvalue weighted by molar-refractivity contribution is -0.0426. The molecule has 2 aromatic carbocycles. The summed E-state index contributed by atoms with van der Waals surface area (Å²) in [6.07, 6.45) is 3.02. The van der Waals surface area contributed by atoms with Crippen molar-refractivity contribution in [3.63, 3.8) is 0 Å². The third-order valence-corrected chi connectivity index (χ3v) is 8.10. The van der Waals surface area contributed by atoms with Crippen molar-refractivity contribution >= 4 is 35.4 Å². The minimum atomic E-state index is -0.788. The number of carbonyl (C=O) groups is 1. The standard InChI is InChI=1S/C31H39BN6O4/c1-7-30(2,3)42-29(39)37-17-11-14-21(19-37)26-34-27-22-15-16-23-25(41-31(4,5)40-23)24(22)33-28(38(27)36-26)35-32(6)18-20-12-9-8-10-13-20/h8-10,12-13,15-16,21H,7,11,14,17-19H2,1-6H3,(H,33,35). The number of carbonyl (C=O) groups excluding carboxylic acids is 1. The number of hydrogen-bond donors (Lipinski definition) is 1. The van der Waals surface area contributed by atoms with Gasteiger partial charge in [-0.05, 0) is 51.6 Å². The lowest BCUT2D eigenvalue weighted by Crippen LogP contribution is -2.43. The first-order valence-electron chi connectivity index (χ1n) is 14.9. The molecule has 0 saturated carbocycles. The lowest BCUT2D eigenvalue weighted by atomic mass is 9.60. The highest BCUT2D eigenvalue weighted by Crippen LogP contribution is 2.44. The maximum absolute atomic E-state index is 13.0. The summed E-state index contributed by atoms with van der Waals surface area (Å²) in [6, 6.07) is 14.2. The molecular formula is C31H39BN6O4. The van der Waals surface area contributed by atoms with Crippen molar-refractivity contribution in [3.8, 4) is 11.5 Å². The first kappa shape index (κ1) is 28.1. The Morgan fingerprint density at radius 1 is 1.17 bits per heavy atom. The molecule has 0 radical (unpaired) electrons. The van der Waals surface area contributed by atoms with Gasteiger partial charge < -0.3 is 24.3 Å². The van der Waals surface area contributed by atoms with Crippen molar-refractivity contribution in [1.29, 1.82) is 0 Å². The molecule has 1 atom stereocenters. The summed E-state index contributed by atoms with van der Waals surface area (Å²) >= 11 is 0. The van der Waals surface area contributed by atoms with E-state index in [9.17, 15) is 4.79 Å². The lowest BCUT2D eigenvalue weighted by Gasteiger charge is -2.33. The molecule has 4 heterocycles. The number of amides is 1. The van der Waals surface area contributed by atoms with Gasteiger partial charge in [-0.15, -0.1) is 5.10 Å². The molecule has 2 aliphatic heterocycles. The number of likely N-dealkylation sites (tertiary alicyclic amines) is 1. The number of piperidine rings is 1.